The van der Waals surface area contributed by atoms with Crippen LogP contribution < -0.4 is 5.32 Å². The number of anilines is 1. The normalized spacial score (nSPS) is 26.6. The number of rotatable bonds is 3. The zero-order valence-electron chi connectivity index (χ0n) is 12.2. The smallest absolute Gasteiger partial charge is 0.175 e. The Hall–Kier alpha value is -0.780. The van der Waals surface area contributed by atoms with E-state index in [1.807, 2.05) is 0 Å². The summed E-state index contributed by atoms with van der Waals surface area (Å²) in [7, 11) is -3.21. The third-order valence-electron chi connectivity index (χ3n) is 4.56. The van der Waals surface area contributed by atoms with Crippen LogP contribution >= 0.6 is 11.6 Å². The van der Waals surface area contributed by atoms with Crippen molar-refractivity contribution in [3.8, 4) is 0 Å². The van der Waals surface area contributed by atoms with Crippen LogP contribution in [0, 0.1) is 0 Å². The van der Waals surface area contributed by atoms with Gasteiger partial charge in [0.1, 0.15) is 0 Å². The van der Waals surface area contributed by atoms with Crippen molar-refractivity contribution in [2.24, 2.45) is 0 Å². The van der Waals surface area contributed by atoms with Crippen LogP contribution in [0.5, 0.6) is 0 Å². The van der Waals surface area contributed by atoms with Crippen molar-refractivity contribution in [1.82, 2.24) is 4.90 Å². The van der Waals surface area contributed by atoms with E-state index in [1.165, 1.54) is 32.1 Å². The third kappa shape index (κ3) is 3.20. The number of nitrogens with zero attached hydrogens (tertiary/aromatic N) is 1. The molecule has 3 rings (SSSR count). The highest BCUT2D eigenvalue weighted by Crippen LogP contribution is 2.32. The van der Waals surface area contributed by atoms with E-state index in [0.717, 1.165) is 18.7 Å². The van der Waals surface area contributed by atoms with Crippen molar-refractivity contribution in [2.45, 2.75) is 42.7 Å². The lowest BCUT2D eigenvalue weighted by molar-refractivity contribution is 0.193. The number of nitrogens with one attached hydrogen (secondary N) is 1. The molecule has 0 spiro atoms. The van der Waals surface area contributed by atoms with Gasteiger partial charge < -0.3 is 5.32 Å². The van der Waals surface area contributed by atoms with Gasteiger partial charge in [0.15, 0.2) is 9.84 Å². The molecule has 2 saturated heterocycles. The average molecular weight is 329 g/mol. The Morgan fingerprint density at radius 2 is 2.05 bits per heavy atom. The molecule has 21 heavy (non-hydrogen) atoms. The highest BCUT2D eigenvalue weighted by molar-refractivity contribution is 7.90. The fourth-order valence-electron chi connectivity index (χ4n) is 3.46. The van der Waals surface area contributed by atoms with Gasteiger partial charge in [-0.15, -0.1) is 0 Å². The lowest BCUT2D eigenvalue weighted by Gasteiger charge is -2.33. The van der Waals surface area contributed by atoms with Gasteiger partial charge in [-0.25, -0.2) is 8.42 Å². The number of sulfone groups is 1. The first-order chi connectivity index (χ1) is 9.95. The zero-order chi connectivity index (χ0) is 15.0. The number of piperidine rings is 1. The van der Waals surface area contributed by atoms with Gasteiger partial charge in [0, 0.05) is 24.9 Å². The van der Waals surface area contributed by atoms with Crippen LogP contribution in [0.25, 0.3) is 0 Å². The van der Waals surface area contributed by atoms with E-state index in [9.17, 15) is 8.42 Å². The summed E-state index contributed by atoms with van der Waals surface area (Å²) in [5, 5.41) is 4.06. The first-order valence-corrected chi connectivity index (χ1v) is 9.72. The molecule has 1 aromatic carbocycles. The minimum Gasteiger partial charge on any atom is -0.379 e. The highest BCUT2D eigenvalue weighted by atomic mass is 35.5. The fourth-order valence-corrected chi connectivity index (χ4v) is 4.28. The quantitative estimate of drug-likeness (QED) is 0.927. The SMILES string of the molecule is CS(=O)(=O)c1ccc(Cl)c(NC2CCN3CCCCC23)c1. The summed E-state index contributed by atoms with van der Waals surface area (Å²) >= 11 is 6.23. The van der Waals surface area contributed by atoms with Gasteiger partial charge in [0.2, 0.25) is 0 Å². The number of fused-ring (bicyclic) bond motifs is 1. The van der Waals surface area contributed by atoms with Gasteiger partial charge in [0.05, 0.1) is 15.6 Å². The van der Waals surface area contributed by atoms with E-state index in [4.69, 9.17) is 11.6 Å². The molecule has 0 bridgehead atoms. The monoisotopic (exact) mass is 328 g/mol. The predicted octanol–water partition coefficient (Wildman–Crippen LogP) is 2.78. The predicted molar refractivity (Wildman–Crippen MR) is 85.8 cm³/mol. The van der Waals surface area contributed by atoms with E-state index in [0.29, 0.717) is 22.0 Å². The van der Waals surface area contributed by atoms with E-state index in [1.54, 1.807) is 18.2 Å². The molecule has 2 fully saturated rings. The van der Waals surface area contributed by atoms with Gasteiger partial charge in [-0.2, -0.15) is 0 Å². The molecule has 2 atom stereocenters. The van der Waals surface area contributed by atoms with Crippen molar-refractivity contribution in [3.63, 3.8) is 0 Å². The molecule has 0 radical (unpaired) electrons. The minimum atomic E-state index is -3.21. The highest BCUT2D eigenvalue weighted by Gasteiger charge is 2.35. The van der Waals surface area contributed by atoms with Crippen LogP contribution in [0.3, 0.4) is 0 Å². The van der Waals surface area contributed by atoms with E-state index in [-0.39, 0.29) is 0 Å². The molecule has 6 heteroatoms. The molecule has 2 unspecified atom stereocenters. The lowest BCUT2D eigenvalue weighted by atomic mass is 9.99. The van der Waals surface area contributed by atoms with Crippen molar-refractivity contribution in [3.05, 3.63) is 23.2 Å². The van der Waals surface area contributed by atoms with Crippen LogP contribution in [0.2, 0.25) is 5.02 Å². The average Bonchev–Trinajstić information content (AvgIpc) is 2.83. The van der Waals surface area contributed by atoms with Gasteiger partial charge in [-0.3, -0.25) is 4.90 Å². The molecule has 2 aliphatic heterocycles. The topological polar surface area (TPSA) is 49.4 Å². The maximum absolute atomic E-state index is 11.7. The summed E-state index contributed by atoms with van der Waals surface area (Å²) in [5.41, 5.74) is 0.733. The maximum atomic E-state index is 11.7. The molecular weight excluding hydrogens is 308 g/mol. The molecule has 116 valence electrons. The Kier molecular flexibility index (Phi) is 4.17. The standard InChI is InChI=1S/C15H21ClN2O2S/c1-21(19,20)11-5-6-12(16)14(10-11)17-13-7-9-18-8-3-2-4-15(13)18/h5-6,10,13,15,17H,2-4,7-9H2,1H3. The summed E-state index contributed by atoms with van der Waals surface area (Å²) in [6, 6.07) is 5.79. The molecule has 2 aliphatic rings. The molecule has 1 aromatic rings. The fraction of sp³-hybridized carbons (Fsp3) is 0.600. The summed E-state index contributed by atoms with van der Waals surface area (Å²) < 4.78 is 23.4. The summed E-state index contributed by atoms with van der Waals surface area (Å²) in [6.07, 6.45) is 6.08. The van der Waals surface area contributed by atoms with Crippen LogP contribution in [0.15, 0.2) is 23.1 Å². The number of halogens is 1. The van der Waals surface area contributed by atoms with Crippen LogP contribution in [-0.4, -0.2) is 44.7 Å². The van der Waals surface area contributed by atoms with Crippen LogP contribution in [0.4, 0.5) is 5.69 Å². The molecular formula is C15H21ClN2O2S. The largest absolute Gasteiger partial charge is 0.379 e. The Morgan fingerprint density at radius 3 is 2.81 bits per heavy atom. The van der Waals surface area contributed by atoms with E-state index in [2.05, 4.69) is 10.2 Å². The van der Waals surface area contributed by atoms with Crippen molar-refractivity contribution < 1.29 is 8.42 Å². The number of hydrogen-bond acceptors (Lipinski definition) is 4. The Bertz CT molecular complexity index is 633. The number of hydrogen-bond donors (Lipinski definition) is 1. The lowest BCUT2D eigenvalue weighted by Crippen LogP contribution is -2.41. The summed E-state index contributed by atoms with van der Waals surface area (Å²) in [4.78, 5) is 2.85. The first kappa shape index (κ1) is 15.1. The molecule has 2 heterocycles. The van der Waals surface area contributed by atoms with Gasteiger partial charge in [-0.1, -0.05) is 18.0 Å². The molecule has 0 saturated carbocycles. The second-order valence-corrected chi connectivity index (χ2v) is 8.48. The minimum absolute atomic E-state index is 0.313. The van der Waals surface area contributed by atoms with Crippen molar-refractivity contribution in [1.29, 1.82) is 0 Å². The molecule has 0 amide bonds. The molecule has 4 nitrogen and oxygen atoms in total. The molecule has 0 aromatic heterocycles. The van der Waals surface area contributed by atoms with Gasteiger partial charge >= 0.3 is 0 Å². The first-order valence-electron chi connectivity index (χ1n) is 7.45. The molecule has 0 aliphatic carbocycles. The van der Waals surface area contributed by atoms with Crippen molar-refractivity contribution >= 4 is 27.1 Å². The maximum Gasteiger partial charge on any atom is 0.175 e. The summed E-state index contributed by atoms with van der Waals surface area (Å²) in [5.74, 6) is 0. The second-order valence-electron chi connectivity index (χ2n) is 6.05. The van der Waals surface area contributed by atoms with E-state index >= 15 is 0 Å². The summed E-state index contributed by atoms with van der Waals surface area (Å²) in [6.45, 7) is 2.30. The molecule has 1 N–H and O–H groups in total. The Labute approximate surface area is 131 Å². The third-order valence-corrected chi connectivity index (χ3v) is 6.00. The Morgan fingerprint density at radius 1 is 1.24 bits per heavy atom. The van der Waals surface area contributed by atoms with Crippen molar-refractivity contribution in [2.75, 3.05) is 24.7 Å². The van der Waals surface area contributed by atoms with Crippen LogP contribution in [-0.2, 0) is 9.84 Å². The van der Waals surface area contributed by atoms with Gasteiger partial charge in [-0.05, 0) is 44.0 Å². The van der Waals surface area contributed by atoms with Gasteiger partial charge in [0.25, 0.3) is 0 Å². The zero-order valence-corrected chi connectivity index (χ0v) is 13.8. The van der Waals surface area contributed by atoms with Crippen LogP contribution in [0.1, 0.15) is 25.7 Å². The second kappa shape index (κ2) is 5.78. The Balaban J connectivity index is 1.81. The van der Waals surface area contributed by atoms with E-state index < -0.39 is 9.84 Å². The number of benzene rings is 1.